The summed E-state index contributed by atoms with van der Waals surface area (Å²) in [6.45, 7) is 0. The molecule has 5 unspecified atom stereocenters. The molecule has 2 bridgehead atoms. The van der Waals surface area contributed by atoms with E-state index in [0.717, 1.165) is 34.8 Å². The summed E-state index contributed by atoms with van der Waals surface area (Å²) >= 11 is 0. The van der Waals surface area contributed by atoms with Crippen LogP contribution in [0.15, 0.2) is 60.7 Å². The lowest BCUT2D eigenvalue weighted by molar-refractivity contribution is -0.271. The summed E-state index contributed by atoms with van der Waals surface area (Å²) in [6, 6.07) is 19.8. The molecule has 4 aliphatic carbocycles. The Morgan fingerprint density at radius 1 is 0.913 bits per heavy atom. The van der Waals surface area contributed by atoms with Crippen LogP contribution in [0.5, 0.6) is 0 Å². The van der Waals surface area contributed by atoms with Crippen molar-refractivity contribution in [3.8, 4) is 0 Å². The number of hydrogen-bond donors (Lipinski definition) is 0. The van der Waals surface area contributed by atoms with Crippen LogP contribution in [-0.4, -0.2) is 11.9 Å². The van der Waals surface area contributed by atoms with Gasteiger partial charge in [-0.15, -0.1) is 0 Å². The Balaban J connectivity index is 1.48. The van der Waals surface area contributed by atoms with E-state index in [1.807, 2.05) is 48.5 Å². The van der Waals surface area contributed by atoms with Gasteiger partial charge in [-0.1, -0.05) is 60.7 Å². The number of benzene rings is 2. The highest BCUT2D eigenvalue weighted by Crippen LogP contribution is 2.84. The molecule has 114 valence electrons. The fourth-order valence-corrected chi connectivity index (χ4v) is 5.68. The van der Waals surface area contributed by atoms with Gasteiger partial charge in [-0.2, -0.15) is 0 Å². The van der Waals surface area contributed by atoms with Crippen molar-refractivity contribution >= 4 is 5.78 Å². The second kappa shape index (κ2) is 3.93. The molecule has 0 radical (unpaired) electrons. The molecular formula is C21H18O2. The molecule has 5 fully saturated rings. The van der Waals surface area contributed by atoms with Crippen LogP contribution in [0.25, 0.3) is 0 Å². The van der Waals surface area contributed by atoms with Gasteiger partial charge in [0.2, 0.25) is 0 Å². The Kier molecular flexibility index (Phi) is 2.14. The van der Waals surface area contributed by atoms with Gasteiger partial charge >= 0.3 is 0 Å². The van der Waals surface area contributed by atoms with Gasteiger partial charge in [0.05, 0.1) is 6.10 Å². The van der Waals surface area contributed by atoms with Crippen molar-refractivity contribution in [1.29, 1.82) is 0 Å². The predicted octanol–water partition coefficient (Wildman–Crippen LogP) is 3.68. The van der Waals surface area contributed by atoms with Crippen molar-refractivity contribution in [2.24, 2.45) is 29.6 Å². The van der Waals surface area contributed by atoms with Crippen LogP contribution in [0, 0.1) is 29.6 Å². The van der Waals surface area contributed by atoms with Crippen LogP contribution >= 0.6 is 0 Å². The lowest BCUT2D eigenvalue weighted by Crippen LogP contribution is -2.66. The zero-order chi connectivity index (χ0) is 15.2. The minimum atomic E-state index is -0.740. The van der Waals surface area contributed by atoms with Crippen LogP contribution in [-0.2, 0) is 10.3 Å². The molecule has 0 N–H and O–H groups in total. The van der Waals surface area contributed by atoms with Gasteiger partial charge in [-0.3, -0.25) is 4.79 Å². The molecule has 0 spiro atoms. The summed E-state index contributed by atoms with van der Waals surface area (Å²) in [6.07, 6.45) is 1.47. The highest BCUT2D eigenvalue weighted by molar-refractivity contribution is 6.04. The number of carbonyl (C=O) groups excluding carboxylic acids is 1. The second-order valence-electron chi connectivity index (χ2n) is 7.61. The second-order valence-corrected chi connectivity index (χ2v) is 7.61. The fraction of sp³-hybridized carbons (Fsp3) is 0.381. The van der Waals surface area contributed by atoms with E-state index in [-0.39, 0.29) is 5.78 Å². The third kappa shape index (κ3) is 1.37. The van der Waals surface area contributed by atoms with Crippen molar-refractivity contribution in [3.05, 3.63) is 71.8 Å². The van der Waals surface area contributed by atoms with Crippen molar-refractivity contribution in [3.63, 3.8) is 0 Å². The predicted molar refractivity (Wildman–Crippen MR) is 85.8 cm³/mol. The highest BCUT2D eigenvalue weighted by Gasteiger charge is 2.85. The minimum Gasteiger partial charge on any atom is -0.358 e. The molecule has 0 amide bonds. The molecule has 5 aliphatic rings. The Labute approximate surface area is 135 Å². The number of ether oxygens (including phenoxy) is 1. The van der Waals surface area contributed by atoms with Gasteiger partial charge in [0, 0.05) is 11.5 Å². The SMILES string of the molecule is O=C(c1ccccc1)C1(c2ccccc2)OC2CC3C4C3C4C21. The Hall–Kier alpha value is -1.93. The molecule has 0 aromatic heterocycles. The molecule has 2 aromatic carbocycles. The lowest BCUT2D eigenvalue weighted by Gasteiger charge is -2.58. The largest absolute Gasteiger partial charge is 0.358 e. The summed E-state index contributed by atoms with van der Waals surface area (Å²) in [5, 5.41) is 0. The third-order valence-corrected chi connectivity index (χ3v) is 6.74. The fourth-order valence-electron chi connectivity index (χ4n) is 5.68. The molecule has 2 aromatic rings. The molecule has 2 heteroatoms. The number of ketones is 1. The number of carbonyl (C=O) groups is 1. The topological polar surface area (TPSA) is 26.3 Å². The van der Waals surface area contributed by atoms with Crippen molar-refractivity contribution in [2.45, 2.75) is 18.1 Å². The first kappa shape index (κ1) is 12.5. The van der Waals surface area contributed by atoms with Gasteiger partial charge < -0.3 is 4.74 Å². The summed E-state index contributed by atoms with van der Waals surface area (Å²) in [7, 11) is 0. The lowest BCUT2D eigenvalue weighted by atomic mass is 9.59. The van der Waals surface area contributed by atoms with E-state index in [2.05, 4.69) is 12.1 Å². The zero-order valence-electron chi connectivity index (χ0n) is 12.8. The van der Waals surface area contributed by atoms with E-state index >= 15 is 0 Å². The maximum Gasteiger partial charge on any atom is 0.199 e. The van der Waals surface area contributed by atoms with Crippen LogP contribution in [0.2, 0.25) is 0 Å². The number of rotatable bonds is 3. The van der Waals surface area contributed by atoms with Gasteiger partial charge in [0.15, 0.2) is 11.4 Å². The molecule has 1 heterocycles. The van der Waals surface area contributed by atoms with Crippen LogP contribution in [0.1, 0.15) is 22.3 Å². The summed E-state index contributed by atoms with van der Waals surface area (Å²) < 4.78 is 6.40. The van der Waals surface area contributed by atoms with E-state index < -0.39 is 5.60 Å². The quantitative estimate of drug-likeness (QED) is 0.809. The minimum absolute atomic E-state index is 0.148. The molecule has 1 saturated heterocycles. The standard InChI is InChI=1S/C21H18O2/c22-20(12-7-3-1-4-8-12)21(13-9-5-2-6-10-13)19-15(23-21)11-14-16-17(14)18(16)19/h1-10,14-19H,11H2. The number of Topliss-reactive ketones (excluding diaryl/α,β-unsaturated/α-hetero) is 1. The third-order valence-electron chi connectivity index (χ3n) is 6.74. The van der Waals surface area contributed by atoms with Gasteiger partial charge in [0.1, 0.15) is 0 Å². The normalized spacial score (nSPS) is 44.5. The van der Waals surface area contributed by atoms with E-state index in [9.17, 15) is 4.79 Å². The van der Waals surface area contributed by atoms with Crippen molar-refractivity contribution in [1.82, 2.24) is 0 Å². The Morgan fingerprint density at radius 3 is 2.26 bits per heavy atom. The first-order valence-electron chi connectivity index (χ1n) is 8.65. The van der Waals surface area contributed by atoms with Crippen molar-refractivity contribution in [2.75, 3.05) is 0 Å². The smallest absolute Gasteiger partial charge is 0.199 e. The molecule has 2 nitrogen and oxygen atoms in total. The van der Waals surface area contributed by atoms with E-state index in [1.165, 1.54) is 6.42 Å². The molecule has 4 saturated carbocycles. The van der Waals surface area contributed by atoms with E-state index in [0.29, 0.717) is 12.0 Å². The van der Waals surface area contributed by atoms with Gasteiger partial charge in [-0.25, -0.2) is 0 Å². The summed E-state index contributed by atoms with van der Waals surface area (Å²) in [5.41, 5.74) is 1.07. The van der Waals surface area contributed by atoms with Crippen LogP contribution in [0.3, 0.4) is 0 Å². The van der Waals surface area contributed by atoms with E-state index in [1.54, 1.807) is 0 Å². The highest BCUT2D eigenvalue weighted by atomic mass is 16.5. The van der Waals surface area contributed by atoms with Crippen molar-refractivity contribution < 1.29 is 9.53 Å². The first-order valence-corrected chi connectivity index (χ1v) is 8.65. The zero-order valence-corrected chi connectivity index (χ0v) is 12.8. The van der Waals surface area contributed by atoms with Crippen LogP contribution in [0.4, 0.5) is 0 Å². The van der Waals surface area contributed by atoms with Gasteiger partial charge in [-0.05, 0) is 35.7 Å². The molecule has 5 atom stereocenters. The Morgan fingerprint density at radius 2 is 1.57 bits per heavy atom. The van der Waals surface area contributed by atoms with Crippen LogP contribution < -0.4 is 0 Å². The molecule has 1 aliphatic heterocycles. The average molecular weight is 302 g/mol. The average Bonchev–Trinajstić information content (AvgIpc) is 3.49. The monoisotopic (exact) mass is 302 g/mol. The molecule has 7 rings (SSSR count). The molecule has 23 heavy (non-hydrogen) atoms. The first-order chi connectivity index (χ1) is 11.3. The van der Waals surface area contributed by atoms with Gasteiger partial charge in [0.25, 0.3) is 0 Å². The summed E-state index contributed by atoms with van der Waals surface area (Å²) in [5.74, 6) is 4.01. The number of hydrogen-bond acceptors (Lipinski definition) is 2. The van der Waals surface area contributed by atoms with E-state index in [4.69, 9.17) is 4.74 Å². The maximum atomic E-state index is 13.5. The maximum absolute atomic E-state index is 13.5. The Bertz CT molecular complexity index is 787. The summed E-state index contributed by atoms with van der Waals surface area (Å²) in [4.78, 5) is 13.5. The molecular weight excluding hydrogens is 284 g/mol.